The highest BCUT2D eigenvalue weighted by Crippen LogP contribution is 1.99. The van der Waals surface area contributed by atoms with E-state index in [2.05, 4.69) is 4.72 Å². The molecule has 0 unspecified atom stereocenters. The van der Waals surface area contributed by atoms with Crippen LogP contribution in [0.4, 0.5) is 0 Å². The third kappa shape index (κ3) is 7.66. The second-order valence-corrected chi connectivity index (χ2v) is 5.27. The molecule has 0 aliphatic heterocycles. The molecule has 0 bridgehead atoms. The molecule has 0 spiro atoms. The van der Waals surface area contributed by atoms with Crippen LogP contribution in [-0.4, -0.2) is 37.5 Å². The molecule has 0 aliphatic carbocycles. The number of primary amides is 1. The first-order chi connectivity index (χ1) is 7.64. The van der Waals surface area contributed by atoms with Gasteiger partial charge in [-0.15, -0.1) is 0 Å². The van der Waals surface area contributed by atoms with Gasteiger partial charge >= 0.3 is 5.97 Å². The molecule has 0 aromatic carbocycles. The van der Waals surface area contributed by atoms with Crippen LogP contribution in [0.2, 0.25) is 0 Å². The number of hydrogen-bond acceptors (Lipinski definition) is 4. The first kappa shape index (κ1) is 15.8. The molecular weight excluding hydrogens is 250 g/mol. The Morgan fingerprint density at radius 3 is 2.18 bits per heavy atom. The van der Waals surface area contributed by atoms with Crippen LogP contribution in [0, 0.1) is 0 Å². The SMILES string of the molecule is CC(C)NS(=O)(=O)N[C@@H](CCC(N)=O)C(=O)O. The summed E-state index contributed by atoms with van der Waals surface area (Å²) in [6.45, 7) is 3.19. The number of hydrogen-bond donors (Lipinski definition) is 4. The van der Waals surface area contributed by atoms with Gasteiger partial charge in [0.05, 0.1) is 0 Å². The van der Waals surface area contributed by atoms with Crippen LogP contribution in [0.1, 0.15) is 26.7 Å². The Bertz CT molecular complexity index is 379. The lowest BCUT2D eigenvalue weighted by Crippen LogP contribution is -2.48. The lowest BCUT2D eigenvalue weighted by Gasteiger charge is -2.15. The molecule has 0 aromatic rings. The Labute approximate surface area is 99.7 Å². The third-order valence-electron chi connectivity index (χ3n) is 1.67. The van der Waals surface area contributed by atoms with E-state index in [-0.39, 0.29) is 18.9 Å². The highest BCUT2D eigenvalue weighted by atomic mass is 32.2. The fourth-order valence-corrected chi connectivity index (χ4v) is 2.33. The molecule has 0 aliphatic rings. The minimum atomic E-state index is -3.91. The van der Waals surface area contributed by atoms with Crippen molar-refractivity contribution in [1.82, 2.24) is 9.44 Å². The van der Waals surface area contributed by atoms with E-state index in [4.69, 9.17) is 10.8 Å². The summed E-state index contributed by atoms with van der Waals surface area (Å²) in [5, 5.41) is 8.78. The maximum absolute atomic E-state index is 11.4. The molecule has 0 saturated heterocycles. The Hall–Kier alpha value is -1.19. The highest BCUT2D eigenvalue weighted by molar-refractivity contribution is 7.87. The van der Waals surface area contributed by atoms with Gasteiger partial charge in [-0.1, -0.05) is 0 Å². The summed E-state index contributed by atoms with van der Waals surface area (Å²) in [4.78, 5) is 21.3. The summed E-state index contributed by atoms with van der Waals surface area (Å²) in [6, 6.07) is -1.74. The molecular formula is C8H17N3O5S. The van der Waals surface area contributed by atoms with Crippen LogP contribution >= 0.6 is 0 Å². The topological polar surface area (TPSA) is 139 Å². The molecule has 0 rings (SSSR count). The van der Waals surface area contributed by atoms with Gasteiger partial charge in [0.1, 0.15) is 6.04 Å². The Morgan fingerprint density at radius 1 is 1.29 bits per heavy atom. The Kier molecular flexibility index (Phi) is 6.07. The summed E-state index contributed by atoms with van der Waals surface area (Å²) in [5.74, 6) is -2.05. The van der Waals surface area contributed by atoms with Gasteiger partial charge in [0.25, 0.3) is 10.2 Å². The van der Waals surface area contributed by atoms with Gasteiger partial charge in [0.15, 0.2) is 0 Å². The highest BCUT2D eigenvalue weighted by Gasteiger charge is 2.24. The van der Waals surface area contributed by atoms with E-state index in [0.29, 0.717) is 0 Å². The smallest absolute Gasteiger partial charge is 0.321 e. The molecule has 100 valence electrons. The van der Waals surface area contributed by atoms with Crippen molar-refractivity contribution in [2.75, 3.05) is 0 Å². The molecule has 5 N–H and O–H groups in total. The van der Waals surface area contributed by atoms with E-state index in [0.717, 1.165) is 0 Å². The van der Waals surface area contributed by atoms with E-state index in [1.54, 1.807) is 13.8 Å². The average Bonchev–Trinajstić information content (AvgIpc) is 2.09. The number of nitrogens with one attached hydrogen (secondary N) is 2. The number of carboxylic acid groups (broad SMARTS) is 1. The maximum Gasteiger partial charge on any atom is 0.321 e. The Balaban J connectivity index is 4.54. The summed E-state index contributed by atoms with van der Waals surface area (Å²) < 4.78 is 26.9. The largest absolute Gasteiger partial charge is 0.480 e. The van der Waals surface area contributed by atoms with Crippen molar-refractivity contribution in [3.05, 3.63) is 0 Å². The van der Waals surface area contributed by atoms with Crippen molar-refractivity contribution in [2.24, 2.45) is 5.73 Å². The molecule has 0 saturated carbocycles. The summed E-state index contributed by atoms with van der Waals surface area (Å²) in [5.41, 5.74) is 4.86. The minimum absolute atomic E-state index is 0.191. The zero-order valence-corrected chi connectivity index (χ0v) is 10.5. The molecule has 1 atom stereocenters. The van der Waals surface area contributed by atoms with Gasteiger partial charge in [0, 0.05) is 12.5 Å². The van der Waals surface area contributed by atoms with Gasteiger partial charge in [0.2, 0.25) is 5.91 Å². The maximum atomic E-state index is 11.4. The fourth-order valence-electron chi connectivity index (χ4n) is 1.05. The van der Waals surface area contributed by atoms with E-state index in [1.165, 1.54) is 0 Å². The zero-order chi connectivity index (χ0) is 13.6. The molecule has 0 heterocycles. The minimum Gasteiger partial charge on any atom is -0.480 e. The third-order valence-corrected chi connectivity index (χ3v) is 3.04. The van der Waals surface area contributed by atoms with Crippen LogP contribution in [0.25, 0.3) is 0 Å². The van der Waals surface area contributed by atoms with E-state index < -0.39 is 28.1 Å². The monoisotopic (exact) mass is 267 g/mol. The predicted octanol–water partition coefficient (Wildman–Crippen LogP) is -1.46. The number of amides is 1. The van der Waals surface area contributed by atoms with Gasteiger partial charge in [-0.05, 0) is 20.3 Å². The van der Waals surface area contributed by atoms with Crippen molar-refractivity contribution < 1.29 is 23.1 Å². The van der Waals surface area contributed by atoms with E-state index >= 15 is 0 Å². The Morgan fingerprint density at radius 2 is 1.82 bits per heavy atom. The second-order valence-electron chi connectivity index (χ2n) is 3.79. The van der Waals surface area contributed by atoms with Crippen LogP contribution in [0.3, 0.4) is 0 Å². The van der Waals surface area contributed by atoms with Crippen LogP contribution in [0.5, 0.6) is 0 Å². The quantitative estimate of drug-likeness (QED) is 0.425. The van der Waals surface area contributed by atoms with Gasteiger partial charge in [-0.25, -0.2) is 0 Å². The number of carboxylic acids is 1. The number of carbonyl (C=O) groups excluding carboxylic acids is 1. The lowest BCUT2D eigenvalue weighted by atomic mass is 10.2. The van der Waals surface area contributed by atoms with Crippen LogP contribution < -0.4 is 15.2 Å². The predicted molar refractivity (Wildman–Crippen MR) is 60.2 cm³/mol. The van der Waals surface area contributed by atoms with Gasteiger partial charge < -0.3 is 10.8 Å². The first-order valence-electron chi connectivity index (χ1n) is 4.94. The summed E-state index contributed by atoms with van der Waals surface area (Å²) >= 11 is 0. The summed E-state index contributed by atoms with van der Waals surface area (Å²) in [6.07, 6.45) is -0.398. The average molecular weight is 267 g/mol. The van der Waals surface area contributed by atoms with Gasteiger partial charge in [-0.2, -0.15) is 17.9 Å². The standard InChI is InChI=1S/C8H17N3O5S/c1-5(2)10-17(15,16)11-6(8(13)14)3-4-7(9)12/h5-6,10-11H,3-4H2,1-2H3,(H2,9,12)(H,13,14)/t6-/m0/s1. The van der Waals surface area contributed by atoms with E-state index in [1.807, 2.05) is 4.72 Å². The number of carbonyl (C=O) groups is 2. The van der Waals surface area contributed by atoms with Crippen LogP contribution in [-0.2, 0) is 19.8 Å². The van der Waals surface area contributed by atoms with Crippen molar-refractivity contribution in [1.29, 1.82) is 0 Å². The van der Waals surface area contributed by atoms with Crippen molar-refractivity contribution in [3.63, 3.8) is 0 Å². The number of aliphatic carboxylic acids is 1. The summed E-state index contributed by atoms with van der Waals surface area (Å²) in [7, 11) is -3.91. The van der Waals surface area contributed by atoms with Crippen molar-refractivity contribution >= 4 is 22.1 Å². The van der Waals surface area contributed by atoms with E-state index in [9.17, 15) is 18.0 Å². The zero-order valence-electron chi connectivity index (χ0n) is 9.63. The molecule has 9 heteroatoms. The van der Waals surface area contributed by atoms with Crippen molar-refractivity contribution in [3.8, 4) is 0 Å². The molecule has 0 fully saturated rings. The number of nitrogens with two attached hydrogens (primary N) is 1. The number of rotatable bonds is 8. The van der Waals surface area contributed by atoms with Crippen molar-refractivity contribution in [2.45, 2.75) is 38.8 Å². The van der Waals surface area contributed by atoms with Crippen LogP contribution in [0.15, 0.2) is 0 Å². The molecule has 1 amide bonds. The first-order valence-corrected chi connectivity index (χ1v) is 6.43. The second kappa shape index (κ2) is 6.52. The molecule has 8 nitrogen and oxygen atoms in total. The normalized spacial score (nSPS) is 13.6. The molecule has 0 aromatic heterocycles. The molecule has 17 heavy (non-hydrogen) atoms. The van der Waals surface area contributed by atoms with Gasteiger partial charge in [-0.3, -0.25) is 9.59 Å². The molecule has 0 radical (unpaired) electrons. The lowest BCUT2D eigenvalue weighted by molar-refractivity contribution is -0.139. The fraction of sp³-hybridized carbons (Fsp3) is 0.750.